The van der Waals surface area contributed by atoms with Crippen LogP contribution >= 0.6 is 31.9 Å². The van der Waals surface area contributed by atoms with E-state index in [1.165, 1.54) is 12.1 Å². The van der Waals surface area contributed by atoms with Gasteiger partial charge in [0.25, 0.3) is 0 Å². The van der Waals surface area contributed by atoms with Gasteiger partial charge < -0.3 is 10.8 Å². The summed E-state index contributed by atoms with van der Waals surface area (Å²) in [6.07, 6.45) is 0. The minimum atomic E-state index is -3.69. The highest BCUT2D eigenvalue weighted by Gasteiger charge is 2.25. The lowest BCUT2D eigenvalue weighted by Gasteiger charge is -2.22. The molecule has 0 heterocycles. The number of sulfonamides is 1. The Balaban J connectivity index is 3.09. The molecule has 0 amide bonds. The van der Waals surface area contributed by atoms with Gasteiger partial charge in [-0.25, -0.2) is 13.1 Å². The van der Waals surface area contributed by atoms with Gasteiger partial charge in [-0.3, -0.25) is 0 Å². The Morgan fingerprint density at radius 1 is 1.32 bits per heavy atom. The summed E-state index contributed by atoms with van der Waals surface area (Å²) in [7, 11) is -3.69. The van der Waals surface area contributed by atoms with Crippen LogP contribution in [0, 0.1) is 5.41 Å². The first-order valence-electron chi connectivity index (χ1n) is 5.44. The van der Waals surface area contributed by atoms with E-state index in [4.69, 9.17) is 10.8 Å². The van der Waals surface area contributed by atoms with Gasteiger partial charge in [0.05, 0.1) is 0 Å². The highest BCUT2D eigenvalue weighted by atomic mass is 79.9. The average molecular weight is 416 g/mol. The molecule has 0 atom stereocenters. The summed E-state index contributed by atoms with van der Waals surface area (Å²) >= 11 is 6.39. The molecule has 19 heavy (non-hydrogen) atoms. The van der Waals surface area contributed by atoms with Crippen LogP contribution in [0.1, 0.15) is 13.8 Å². The van der Waals surface area contributed by atoms with E-state index in [0.717, 1.165) is 0 Å². The first-order valence-corrected chi connectivity index (χ1v) is 8.51. The maximum atomic E-state index is 12.3. The topological polar surface area (TPSA) is 92.4 Å². The van der Waals surface area contributed by atoms with Crippen molar-refractivity contribution in [2.75, 3.05) is 18.9 Å². The maximum absolute atomic E-state index is 12.3. The number of halogens is 2. The van der Waals surface area contributed by atoms with Crippen molar-refractivity contribution < 1.29 is 13.5 Å². The molecule has 0 aromatic heterocycles. The van der Waals surface area contributed by atoms with Gasteiger partial charge >= 0.3 is 0 Å². The fraction of sp³-hybridized carbons (Fsp3) is 0.455. The number of aliphatic hydroxyl groups is 1. The molecular weight excluding hydrogens is 400 g/mol. The molecule has 108 valence electrons. The van der Waals surface area contributed by atoms with E-state index >= 15 is 0 Å². The summed E-state index contributed by atoms with van der Waals surface area (Å²) in [5.41, 5.74) is 5.55. The van der Waals surface area contributed by atoms with Crippen molar-refractivity contribution in [1.29, 1.82) is 0 Å². The Morgan fingerprint density at radius 2 is 1.79 bits per heavy atom. The molecule has 1 aromatic carbocycles. The predicted octanol–water partition coefficient (Wildman–Crippen LogP) is 2.09. The number of rotatable bonds is 5. The Hall–Kier alpha value is -0.150. The average Bonchev–Trinajstić information content (AvgIpc) is 2.25. The number of benzene rings is 1. The van der Waals surface area contributed by atoms with Crippen molar-refractivity contribution in [2.45, 2.75) is 18.7 Å². The summed E-state index contributed by atoms with van der Waals surface area (Å²) < 4.78 is 27.8. The molecule has 1 aromatic rings. The molecular formula is C11H16Br2N2O3S. The fourth-order valence-electron chi connectivity index (χ4n) is 1.25. The number of nitrogens with two attached hydrogens (primary N) is 1. The maximum Gasteiger partial charge on any atom is 0.242 e. The number of hydrogen-bond acceptors (Lipinski definition) is 4. The summed E-state index contributed by atoms with van der Waals surface area (Å²) in [5.74, 6) is 0. The monoisotopic (exact) mass is 414 g/mol. The molecule has 1 rings (SSSR count). The largest absolute Gasteiger partial charge is 0.399 e. The lowest BCUT2D eigenvalue weighted by Crippen LogP contribution is -2.36. The van der Waals surface area contributed by atoms with Crippen LogP contribution in [0.5, 0.6) is 0 Å². The van der Waals surface area contributed by atoms with Crippen LogP contribution in [0.15, 0.2) is 26.0 Å². The molecule has 0 spiro atoms. The van der Waals surface area contributed by atoms with Crippen LogP contribution in [0.25, 0.3) is 0 Å². The normalized spacial score (nSPS) is 12.7. The second-order valence-corrected chi connectivity index (χ2v) is 8.37. The summed E-state index contributed by atoms with van der Waals surface area (Å²) in [5, 5.41) is 9.14. The van der Waals surface area contributed by atoms with Crippen LogP contribution in [0.3, 0.4) is 0 Å². The van der Waals surface area contributed by atoms with Crippen molar-refractivity contribution in [3.8, 4) is 0 Å². The van der Waals surface area contributed by atoms with Crippen LogP contribution in [0.2, 0.25) is 0 Å². The van der Waals surface area contributed by atoms with Crippen molar-refractivity contribution in [1.82, 2.24) is 4.72 Å². The molecule has 0 unspecified atom stereocenters. The van der Waals surface area contributed by atoms with Gasteiger partial charge in [-0.2, -0.15) is 0 Å². The fourth-order valence-corrected chi connectivity index (χ4v) is 5.11. The zero-order valence-corrected chi connectivity index (χ0v) is 14.6. The molecule has 0 aliphatic rings. The van der Waals surface area contributed by atoms with Gasteiger partial charge in [-0.05, 0) is 44.0 Å². The Labute approximate surface area is 129 Å². The first-order chi connectivity index (χ1) is 8.59. The van der Waals surface area contributed by atoms with E-state index in [2.05, 4.69) is 36.6 Å². The second kappa shape index (κ2) is 6.09. The van der Waals surface area contributed by atoms with Gasteiger partial charge in [0.1, 0.15) is 4.90 Å². The van der Waals surface area contributed by atoms with E-state index in [-0.39, 0.29) is 18.0 Å². The number of hydrogen-bond donors (Lipinski definition) is 3. The molecule has 0 radical (unpaired) electrons. The van der Waals surface area contributed by atoms with Crippen LogP contribution in [-0.4, -0.2) is 26.7 Å². The molecule has 0 saturated heterocycles. The first kappa shape index (κ1) is 16.9. The summed E-state index contributed by atoms with van der Waals surface area (Å²) in [6, 6.07) is 3.05. The van der Waals surface area contributed by atoms with Gasteiger partial charge in [-0.1, -0.05) is 13.8 Å². The van der Waals surface area contributed by atoms with Crippen molar-refractivity contribution in [2.24, 2.45) is 5.41 Å². The number of aliphatic hydroxyl groups excluding tert-OH is 1. The lowest BCUT2D eigenvalue weighted by atomic mass is 9.96. The van der Waals surface area contributed by atoms with Crippen molar-refractivity contribution in [3.63, 3.8) is 0 Å². The number of nitrogen functional groups attached to an aromatic ring is 1. The van der Waals surface area contributed by atoms with Gasteiger partial charge in [0, 0.05) is 33.2 Å². The molecule has 0 aliphatic carbocycles. The second-order valence-electron chi connectivity index (χ2n) is 4.96. The van der Waals surface area contributed by atoms with Crippen LogP contribution < -0.4 is 10.5 Å². The smallest absolute Gasteiger partial charge is 0.242 e. The standard InChI is InChI=1S/C11H16Br2N2O3S/c1-11(2,6-16)5-15-19(17,18)10-8(12)3-7(14)4-9(10)13/h3-4,15-16H,5-6,14H2,1-2H3. The zero-order chi connectivity index (χ0) is 14.8. The van der Waals surface area contributed by atoms with Crippen LogP contribution in [0.4, 0.5) is 5.69 Å². The van der Waals surface area contributed by atoms with E-state index < -0.39 is 15.4 Å². The van der Waals surface area contributed by atoms with Gasteiger partial charge in [0.2, 0.25) is 10.0 Å². The van der Waals surface area contributed by atoms with E-state index in [9.17, 15) is 8.42 Å². The van der Waals surface area contributed by atoms with Gasteiger partial charge in [-0.15, -0.1) is 0 Å². The van der Waals surface area contributed by atoms with E-state index in [1.54, 1.807) is 13.8 Å². The van der Waals surface area contributed by atoms with Crippen molar-refractivity contribution in [3.05, 3.63) is 21.1 Å². The van der Waals surface area contributed by atoms with Crippen molar-refractivity contribution >= 4 is 47.6 Å². The molecule has 4 N–H and O–H groups in total. The van der Waals surface area contributed by atoms with Crippen LogP contribution in [-0.2, 0) is 10.0 Å². The quantitative estimate of drug-likeness (QED) is 0.642. The third-order valence-electron chi connectivity index (χ3n) is 2.46. The zero-order valence-electron chi connectivity index (χ0n) is 10.6. The Bertz CT molecular complexity index is 550. The Morgan fingerprint density at radius 3 is 2.21 bits per heavy atom. The Kier molecular flexibility index (Phi) is 5.42. The third kappa shape index (κ3) is 4.42. The van der Waals surface area contributed by atoms with E-state index in [1.807, 2.05) is 0 Å². The molecule has 5 nitrogen and oxygen atoms in total. The lowest BCUT2D eigenvalue weighted by molar-refractivity contribution is 0.163. The highest BCUT2D eigenvalue weighted by Crippen LogP contribution is 2.32. The minimum absolute atomic E-state index is 0.0930. The van der Waals surface area contributed by atoms with E-state index in [0.29, 0.717) is 14.6 Å². The summed E-state index contributed by atoms with van der Waals surface area (Å²) in [6.45, 7) is 3.56. The van der Waals surface area contributed by atoms with Gasteiger partial charge in [0.15, 0.2) is 0 Å². The summed E-state index contributed by atoms with van der Waals surface area (Å²) in [4.78, 5) is 0.0930. The number of nitrogens with one attached hydrogen (secondary N) is 1. The molecule has 0 aliphatic heterocycles. The molecule has 8 heteroatoms. The third-order valence-corrected chi connectivity index (χ3v) is 5.74. The minimum Gasteiger partial charge on any atom is -0.399 e. The molecule has 0 fully saturated rings. The highest BCUT2D eigenvalue weighted by molar-refractivity contribution is 9.11. The number of anilines is 1. The predicted molar refractivity (Wildman–Crippen MR) is 82.3 cm³/mol. The molecule has 0 bridgehead atoms. The molecule has 0 saturated carbocycles. The SMILES string of the molecule is CC(C)(CO)CNS(=O)(=O)c1c(Br)cc(N)cc1Br.